The normalized spacial score (nSPS) is 36.2. The summed E-state index contributed by atoms with van der Waals surface area (Å²) in [6, 6.07) is 0.732. The molecule has 2 heteroatoms. The summed E-state index contributed by atoms with van der Waals surface area (Å²) in [4.78, 5) is 2.76. The maximum absolute atomic E-state index is 6.14. The van der Waals surface area contributed by atoms with Crippen LogP contribution in [0.1, 0.15) is 58.8 Å². The molecule has 1 saturated carbocycles. The van der Waals surface area contributed by atoms with Gasteiger partial charge >= 0.3 is 0 Å². The van der Waals surface area contributed by atoms with Gasteiger partial charge in [-0.3, -0.25) is 4.90 Å². The van der Waals surface area contributed by atoms with Gasteiger partial charge in [0.25, 0.3) is 0 Å². The van der Waals surface area contributed by atoms with Gasteiger partial charge in [0.1, 0.15) is 0 Å². The zero-order chi connectivity index (χ0) is 11.6. The quantitative estimate of drug-likeness (QED) is 0.781. The fourth-order valence-corrected chi connectivity index (χ4v) is 3.82. The number of piperidine rings is 1. The Morgan fingerprint density at radius 2 is 1.81 bits per heavy atom. The van der Waals surface area contributed by atoms with E-state index in [0.29, 0.717) is 5.54 Å². The molecule has 16 heavy (non-hydrogen) atoms. The van der Waals surface area contributed by atoms with Crippen molar-refractivity contribution >= 4 is 0 Å². The molecule has 0 amide bonds. The molecular formula is C14H28N2. The predicted octanol–water partition coefficient (Wildman–Crippen LogP) is 2.77. The van der Waals surface area contributed by atoms with E-state index >= 15 is 0 Å². The lowest BCUT2D eigenvalue weighted by Crippen LogP contribution is -2.61. The minimum atomic E-state index is 0.354. The first-order valence-electron chi connectivity index (χ1n) is 7.16. The largest absolute Gasteiger partial charge is 0.329 e. The van der Waals surface area contributed by atoms with Gasteiger partial charge in [-0.05, 0) is 45.1 Å². The highest BCUT2D eigenvalue weighted by Crippen LogP contribution is 2.38. The molecule has 1 heterocycles. The van der Waals surface area contributed by atoms with Gasteiger partial charge in [-0.25, -0.2) is 0 Å². The van der Waals surface area contributed by atoms with E-state index in [1.165, 1.54) is 51.5 Å². The Morgan fingerprint density at radius 1 is 1.12 bits per heavy atom. The third-order valence-corrected chi connectivity index (χ3v) is 5.15. The molecule has 1 aliphatic heterocycles. The smallest absolute Gasteiger partial charge is 0.0334 e. The third kappa shape index (κ3) is 2.14. The number of likely N-dealkylation sites (tertiary alicyclic amines) is 1. The molecule has 0 aromatic heterocycles. The van der Waals surface area contributed by atoms with E-state index in [9.17, 15) is 0 Å². The molecule has 2 rings (SSSR count). The van der Waals surface area contributed by atoms with Crippen LogP contribution in [-0.4, -0.2) is 29.6 Å². The molecule has 94 valence electrons. The summed E-state index contributed by atoms with van der Waals surface area (Å²) < 4.78 is 0. The first kappa shape index (κ1) is 12.4. The Bertz CT molecular complexity index is 221. The fraction of sp³-hybridized carbons (Fsp3) is 1.00. The average molecular weight is 224 g/mol. The first-order chi connectivity index (χ1) is 7.69. The van der Waals surface area contributed by atoms with E-state index in [-0.39, 0.29) is 0 Å². The lowest BCUT2D eigenvalue weighted by Gasteiger charge is -2.52. The van der Waals surface area contributed by atoms with Crippen molar-refractivity contribution in [1.29, 1.82) is 0 Å². The highest BCUT2D eigenvalue weighted by atomic mass is 15.2. The first-order valence-corrected chi connectivity index (χ1v) is 7.16. The Hall–Kier alpha value is -0.0800. The van der Waals surface area contributed by atoms with Crippen LogP contribution in [0.2, 0.25) is 0 Å². The van der Waals surface area contributed by atoms with Gasteiger partial charge in [-0.1, -0.05) is 26.2 Å². The lowest BCUT2D eigenvalue weighted by atomic mass is 9.77. The molecule has 2 nitrogen and oxygen atoms in total. The van der Waals surface area contributed by atoms with Crippen LogP contribution >= 0.6 is 0 Å². The molecule has 0 radical (unpaired) electrons. The molecule has 1 aliphatic carbocycles. The van der Waals surface area contributed by atoms with Crippen molar-refractivity contribution in [2.24, 2.45) is 11.7 Å². The van der Waals surface area contributed by atoms with E-state index in [2.05, 4.69) is 18.7 Å². The molecule has 2 unspecified atom stereocenters. The lowest BCUT2D eigenvalue weighted by molar-refractivity contribution is -0.0171. The summed E-state index contributed by atoms with van der Waals surface area (Å²) in [6.45, 7) is 6.96. The molecular weight excluding hydrogens is 196 g/mol. The second-order valence-corrected chi connectivity index (χ2v) is 6.04. The third-order valence-electron chi connectivity index (χ3n) is 5.15. The second-order valence-electron chi connectivity index (χ2n) is 6.04. The summed E-state index contributed by atoms with van der Waals surface area (Å²) in [5, 5.41) is 0. The van der Waals surface area contributed by atoms with Crippen LogP contribution < -0.4 is 5.73 Å². The van der Waals surface area contributed by atoms with Crippen molar-refractivity contribution in [3.8, 4) is 0 Å². The van der Waals surface area contributed by atoms with Crippen molar-refractivity contribution in [2.75, 3.05) is 13.1 Å². The molecule has 2 fully saturated rings. The van der Waals surface area contributed by atoms with E-state index < -0.39 is 0 Å². The maximum Gasteiger partial charge on any atom is 0.0334 e. The van der Waals surface area contributed by atoms with Crippen LogP contribution in [0.25, 0.3) is 0 Å². The van der Waals surface area contributed by atoms with Crippen LogP contribution in [-0.2, 0) is 0 Å². The van der Waals surface area contributed by atoms with Gasteiger partial charge in [-0.2, -0.15) is 0 Å². The Labute approximate surface area is 101 Å². The number of nitrogens with zero attached hydrogens (tertiary/aromatic N) is 1. The summed E-state index contributed by atoms with van der Waals surface area (Å²) in [5.41, 5.74) is 6.49. The Balaban J connectivity index is 2.12. The fourth-order valence-electron chi connectivity index (χ4n) is 3.82. The molecule has 0 spiro atoms. The second kappa shape index (κ2) is 5.05. The number of nitrogens with two attached hydrogens (primary N) is 1. The summed E-state index contributed by atoms with van der Waals surface area (Å²) in [6.07, 6.45) is 9.62. The van der Waals surface area contributed by atoms with Crippen LogP contribution in [0.5, 0.6) is 0 Å². The van der Waals surface area contributed by atoms with Crippen molar-refractivity contribution < 1.29 is 0 Å². The molecule has 1 saturated heterocycles. The number of rotatable bonds is 2. The van der Waals surface area contributed by atoms with Gasteiger partial charge in [0.2, 0.25) is 0 Å². The molecule has 0 aromatic carbocycles. The van der Waals surface area contributed by atoms with Crippen LogP contribution in [0, 0.1) is 5.92 Å². The topological polar surface area (TPSA) is 29.3 Å². The van der Waals surface area contributed by atoms with E-state index in [1.54, 1.807) is 0 Å². The molecule has 2 N–H and O–H groups in total. The molecule has 0 aromatic rings. The minimum Gasteiger partial charge on any atom is -0.329 e. The van der Waals surface area contributed by atoms with Crippen LogP contribution in [0.3, 0.4) is 0 Å². The van der Waals surface area contributed by atoms with Crippen molar-refractivity contribution in [2.45, 2.75) is 70.4 Å². The summed E-state index contributed by atoms with van der Waals surface area (Å²) >= 11 is 0. The summed E-state index contributed by atoms with van der Waals surface area (Å²) in [5.74, 6) is 0.846. The van der Waals surface area contributed by atoms with E-state index in [1.807, 2.05) is 0 Å². The van der Waals surface area contributed by atoms with Crippen molar-refractivity contribution in [3.05, 3.63) is 0 Å². The monoisotopic (exact) mass is 224 g/mol. The highest BCUT2D eigenvalue weighted by molar-refractivity contribution is 4.98. The van der Waals surface area contributed by atoms with Gasteiger partial charge in [0.05, 0.1) is 0 Å². The van der Waals surface area contributed by atoms with Gasteiger partial charge in [0.15, 0.2) is 0 Å². The minimum absolute atomic E-state index is 0.354. The van der Waals surface area contributed by atoms with Gasteiger partial charge in [0, 0.05) is 18.1 Å². The van der Waals surface area contributed by atoms with Crippen molar-refractivity contribution in [1.82, 2.24) is 4.90 Å². The summed E-state index contributed by atoms with van der Waals surface area (Å²) in [7, 11) is 0. The molecule has 2 atom stereocenters. The Kier molecular flexibility index (Phi) is 3.91. The van der Waals surface area contributed by atoms with Crippen LogP contribution in [0.15, 0.2) is 0 Å². The van der Waals surface area contributed by atoms with Gasteiger partial charge < -0.3 is 5.73 Å². The Morgan fingerprint density at radius 3 is 2.44 bits per heavy atom. The van der Waals surface area contributed by atoms with Crippen molar-refractivity contribution in [3.63, 3.8) is 0 Å². The number of hydrogen-bond acceptors (Lipinski definition) is 2. The highest BCUT2D eigenvalue weighted by Gasteiger charge is 2.41. The van der Waals surface area contributed by atoms with Gasteiger partial charge in [-0.15, -0.1) is 0 Å². The standard InChI is InChI=1S/C14H28N2/c1-12-7-6-10-16(13(12)2)14(11-15)8-4-3-5-9-14/h12-13H,3-11,15H2,1-2H3. The van der Waals surface area contributed by atoms with E-state index in [4.69, 9.17) is 5.73 Å². The SMILES string of the molecule is CC1CCCN(C2(CN)CCCCC2)C1C. The zero-order valence-electron chi connectivity index (χ0n) is 11.0. The zero-order valence-corrected chi connectivity index (χ0v) is 11.0. The number of hydrogen-bond donors (Lipinski definition) is 1. The average Bonchev–Trinajstić information content (AvgIpc) is 2.33. The maximum atomic E-state index is 6.14. The molecule has 2 aliphatic rings. The van der Waals surface area contributed by atoms with Crippen LogP contribution in [0.4, 0.5) is 0 Å². The predicted molar refractivity (Wildman–Crippen MR) is 69.4 cm³/mol. The molecule has 0 bridgehead atoms. The van der Waals surface area contributed by atoms with E-state index in [0.717, 1.165) is 18.5 Å².